The zero-order chi connectivity index (χ0) is 23.8. The molecule has 1 fully saturated rings. The third-order valence-electron chi connectivity index (χ3n) is 5.54. The normalized spacial score (nSPS) is 15.0. The van der Waals surface area contributed by atoms with Crippen LogP contribution in [-0.2, 0) is 4.79 Å². The van der Waals surface area contributed by atoms with Crippen molar-refractivity contribution in [3.63, 3.8) is 0 Å². The molecule has 10 heteroatoms. The van der Waals surface area contributed by atoms with Crippen molar-refractivity contribution in [3.05, 3.63) is 64.0 Å². The highest BCUT2D eigenvalue weighted by molar-refractivity contribution is 5.96. The molecule has 2 N–H and O–H groups in total. The molecule has 2 heterocycles. The second-order valence-electron chi connectivity index (χ2n) is 8.03. The molecule has 0 bridgehead atoms. The van der Waals surface area contributed by atoms with E-state index in [1.807, 2.05) is 30.9 Å². The van der Waals surface area contributed by atoms with Gasteiger partial charge in [-0.1, -0.05) is 13.0 Å². The first-order chi connectivity index (χ1) is 15.9. The Morgan fingerprint density at radius 3 is 2.58 bits per heavy atom. The third-order valence-corrected chi connectivity index (χ3v) is 5.54. The standard InChI is InChI=1S/C23H30N6O4/c1-3-9-25-22(30)16-27-11-13-28(14-12-27)23(31)18-7-8-20(21(15-18)29(32)33)26-17(2)19-6-4-5-10-24-19/h4-8,10,15,17,26H,3,9,11-14,16H2,1-2H3,(H,25,30). The van der Waals surface area contributed by atoms with Gasteiger partial charge in [0.25, 0.3) is 11.6 Å². The molecular formula is C23H30N6O4. The van der Waals surface area contributed by atoms with Crippen molar-refractivity contribution in [1.29, 1.82) is 0 Å². The number of nitrogens with one attached hydrogen (secondary N) is 2. The van der Waals surface area contributed by atoms with Crippen molar-refractivity contribution < 1.29 is 14.5 Å². The van der Waals surface area contributed by atoms with Gasteiger partial charge in [-0.25, -0.2) is 0 Å². The van der Waals surface area contributed by atoms with Gasteiger partial charge in [-0.2, -0.15) is 0 Å². The summed E-state index contributed by atoms with van der Waals surface area (Å²) in [7, 11) is 0. The van der Waals surface area contributed by atoms with Crippen molar-refractivity contribution in [2.24, 2.45) is 0 Å². The highest BCUT2D eigenvalue weighted by Gasteiger charge is 2.26. The SMILES string of the molecule is CCCNC(=O)CN1CCN(C(=O)c2ccc(NC(C)c3ccccn3)c([N+](=O)[O-])c2)CC1. The number of aromatic nitrogens is 1. The summed E-state index contributed by atoms with van der Waals surface area (Å²) in [4.78, 5) is 44.0. The Kier molecular flexibility index (Phi) is 8.31. The van der Waals surface area contributed by atoms with Gasteiger partial charge in [-0.15, -0.1) is 0 Å². The van der Waals surface area contributed by atoms with Gasteiger partial charge in [-0.3, -0.25) is 29.6 Å². The van der Waals surface area contributed by atoms with E-state index in [0.29, 0.717) is 45.0 Å². The van der Waals surface area contributed by atoms with E-state index in [1.54, 1.807) is 29.3 Å². The summed E-state index contributed by atoms with van der Waals surface area (Å²) in [6, 6.07) is 9.75. The van der Waals surface area contributed by atoms with Gasteiger partial charge >= 0.3 is 0 Å². The predicted molar refractivity (Wildman–Crippen MR) is 125 cm³/mol. The Hall–Kier alpha value is -3.53. The largest absolute Gasteiger partial charge is 0.371 e. The van der Waals surface area contributed by atoms with E-state index >= 15 is 0 Å². The quantitative estimate of drug-likeness (QED) is 0.441. The molecule has 0 spiro atoms. The zero-order valence-corrected chi connectivity index (χ0v) is 19.0. The van der Waals surface area contributed by atoms with Crippen molar-refractivity contribution in [1.82, 2.24) is 20.1 Å². The number of hydrogen-bond donors (Lipinski definition) is 2. The van der Waals surface area contributed by atoms with Gasteiger partial charge in [0.2, 0.25) is 5.91 Å². The topological polar surface area (TPSA) is 121 Å². The summed E-state index contributed by atoms with van der Waals surface area (Å²) in [6.45, 7) is 6.91. The Balaban J connectivity index is 1.64. The molecule has 0 radical (unpaired) electrons. The summed E-state index contributed by atoms with van der Waals surface area (Å²) in [5.41, 5.74) is 1.20. The minimum Gasteiger partial charge on any atom is -0.371 e. The van der Waals surface area contributed by atoms with E-state index in [4.69, 9.17) is 0 Å². The molecule has 1 saturated heterocycles. The molecular weight excluding hydrogens is 424 g/mol. The number of carbonyl (C=O) groups is 2. The molecule has 1 atom stereocenters. The summed E-state index contributed by atoms with van der Waals surface area (Å²) in [6.07, 6.45) is 2.55. The van der Waals surface area contributed by atoms with Crippen LogP contribution in [0.5, 0.6) is 0 Å². The number of pyridine rings is 1. The molecule has 0 saturated carbocycles. The van der Waals surface area contributed by atoms with Gasteiger partial charge < -0.3 is 15.5 Å². The molecule has 3 rings (SSSR count). The van der Waals surface area contributed by atoms with Crippen LogP contribution in [0.15, 0.2) is 42.6 Å². The molecule has 1 aliphatic rings. The number of nitro benzene ring substituents is 1. The summed E-state index contributed by atoms with van der Waals surface area (Å²) >= 11 is 0. The molecule has 10 nitrogen and oxygen atoms in total. The first-order valence-electron chi connectivity index (χ1n) is 11.1. The first kappa shape index (κ1) is 24.1. The molecule has 1 unspecified atom stereocenters. The van der Waals surface area contributed by atoms with Crippen LogP contribution >= 0.6 is 0 Å². The van der Waals surface area contributed by atoms with Crippen LogP contribution in [0.25, 0.3) is 0 Å². The second-order valence-corrected chi connectivity index (χ2v) is 8.03. The number of rotatable bonds is 9. The number of carbonyl (C=O) groups excluding carboxylic acids is 2. The number of nitrogens with zero attached hydrogens (tertiary/aromatic N) is 4. The average molecular weight is 455 g/mol. The van der Waals surface area contributed by atoms with Crippen molar-refractivity contribution in [2.75, 3.05) is 44.6 Å². The highest BCUT2D eigenvalue weighted by Crippen LogP contribution is 2.29. The third kappa shape index (κ3) is 6.48. The number of amides is 2. The predicted octanol–water partition coefficient (Wildman–Crippen LogP) is 2.45. The molecule has 2 aromatic rings. The maximum Gasteiger partial charge on any atom is 0.293 e. The number of anilines is 1. The molecule has 1 aliphatic heterocycles. The van der Waals surface area contributed by atoms with Gasteiger partial charge in [0.05, 0.1) is 23.2 Å². The monoisotopic (exact) mass is 454 g/mol. The second kappa shape index (κ2) is 11.4. The summed E-state index contributed by atoms with van der Waals surface area (Å²) in [5, 5.41) is 17.7. The molecule has 2 amide bonds. The molecule has 176 valence electrons. The number of benzene rings is 1. The van der Waals surface area contributed by atoms with Crippen LogP contribution in [-0.4, -0.2) is 70.8 Å². The van der Waals surface area contributed by atoms with Crippen LogP contribution < -0.4 is 10.6 Å². The Bertz CT molecular complexity index is 976. The highest BCUT2D eigenvalue weighted by atomic mass is 16.6. The van der Waals surface area contributed by atoms with E-state index in [-0.39, 0.29) is 29.1 Å². The number of piperazine rings is 1. The summed E-state index contributed by atoms with van der Waals surface area (Å²) in [5.74, 6) is -0.271. The first-order valence-corrected chi connectivity index (χ1v) is 11.1. The maximum absolute atomic E-state index is 13.0. The lowest BCUT2D eigenvalue weighted by atomic mass is 10.1. The lowest BCUT2D eigenvalue weighted by Gasteiger charge is -2.34. The van der Waals surface area contributed by atoms with E-state index in [9.17, 15) is 19.7 Å². The van der Waals surface area contributed by atoms with Gasteiger partial charge in [0.15, 0.2) is 0 Å². The van der Waals surface area contributed by atoms with Crippen LogP contribution in [0.4, 0.5) is 11.4 Å². The van der Waals surface area contributed by atoms with Crippen LogP contribution in [0.2, 0.25) is 0 Å². The smallest absolute Gasteiger partial charge is 0.293 e. The molecule has 1 aromatic carbocycles. The minimum atomic E-state index is -0.489. The lowest BCUT2D eigenvalue weighted by molar-refractivity contribution is -0.384. The lowest BCUT2D eigenvalue weighted by Crippen LogP contribution is -2.51. The van der Waals surface area contributed by atoms with Gasteiger partial charge in [0, 0.05) is 50.6 Å². The van der Waals surface area contributed by atoms with Crippen LogP contribution in [0.3, 0.4) is 0 Å². The van der Waals surface area contributed by atoms with Gasteiger partial charge in [-0.05, 0) is 37.6 Å². The fourth-order valence-electron chi connectivity index (χ4n) is 3.69. The van der Waals surface area contributed by atoms with E-state index in [0.717, 1.165) is 12.1 Å². The fraction of sp³-hybridized carbons (Fsp3) is 0.435. The van der Waals surface area contributed by atoms with Gasteiger partial charge in [0.1, 0.15) is 5.69 Å². The van der Waals surface area contributed by atoms with Crippen molar-refractivity contribution in [3.8, 4) is 0 Å². The average Bonchev–Trinajstić information content (AvgIpc) is 2.83. The maximum atomic E-state index is 13.0. The molecule has 1 aromatic heterocycles. The van der Waals surface area contributed by atoms with Crippen LogP contribution in [0.1, 0.15) is 42.4 Å². The zero-order valence-electron chi connectivity index (χ0n) is 19.0. The Morgan fingerprint density at radius 1 is 1.18 bits per heavy atom. The molecule has 0 aliphatic carbocycles. The van der Waals surface area contributed by atoms with Crippen LogP contribution in [0, 0.1) is 10.1 Å². The summed E-state index contributed by atoms with van der Waals surface area (Å²) < 4.78 is 0. The Labute approximate surface area is 193 Å². The number of hydrogen-bond acceptors (Lipinski definition) is 7. The van der Waals surface area contributed by atoms with E-state index in [2.05, 4.69) is 15.6 Å². The van der Waals surface area contributed by atoms with Crippen molar-refractivity contribution >= 4 is 23.2 Å². The van der Waals surface area contributed by atoms with E-state index in [1.165, 1.54) is 6.07 Å². The minimum absolute atomic E-state index is 0.0183. The fourth-order valence-corrected chi connectivity index (χ4v) is 3.69. The van der Waals surface area contributed by atoms with E-state index < -0.39 is 4.92 Å². The Morgan fingerprint density at radius 2 is 1.94 bits per heavy atom. The number of nitro groups is 1. The van der Waals surface area contributed by atoms with Crippen molar-refractivity contribution in [2.45, 2.75) is 26.3 Å². The molecule has 33 heavy (non-hydrogen) atoms.